The Balaban J connectivity index is 2.85. The molecule has 0 saturated carbocycles. The Morgan fingerprint density at radius 1 is 1.29 bits per heavy atom. The predicted molar refractivity (Wildman–Crippen MR) is 70.8 cm³/mol. The molecule has 0 N–H and O–H groups in total. The number of benzene rings is 1. The molecule has 1 aromatic heterocycles. The van der Waals surface area contributed by atoms with Crippen LogP contribution in [0.2, 0.25) is 0 Å². The summed E-state index contributed by atoms with van der Waals surface area (Å²) in [5.74, 6) is 0. The molecule has 2 rings (SSSR count). The van der Waals surface area contributed by atoms with Gasteiger partial charge in [-0.05, 0) is 31.6 Å². The van der Waals surface area contributed by atoms with Crippen molar-refractivity contribution in [3.05, 3.63) is 41.6 Å². The van der Waals surface area contributed by atoms with Crippen molar-refractivity contribution in [3.8, 4) is 0 Å². The first-order valence-corrected chi connectivity index (χ1v) is 5.61. The zero-order chi connectivity index (χ0) is 10.1. The molecule has 0 fully saturated rings. The predicted octanol–water partition coefficient (Wildman–Crippen LogP) is 4.18. The van der Waals surface area contributed by atoms with E-state index in [0.29, 0.717) is 0 Å². The Bertz CT molecular complexity index is 455. The summed E-state index contributed by atoms with van der Waals surface area (Å²) in [6, 6.07) is 8.50. The largest absolute Gasteiger partial charge is 0.282 e. The summed E-state index contributed by atoms with van der Waals surface area (Å²) in [4.78, 5) is 0. The summed E-state index contributed by atoms with van der Waals surface area (Å²) >= 11 is 2.35. The highest BCUT2D eigenvalue weighted by Gasteiger charge is 2.08. The lowest BCUT2D eigenvalue weighted by Crippen LogP contribution is -1.82. The maximum Gasteiger partial charge on any atom is 0.0646 e. The molecule has 0 aliphatic carbocycles. The number of aromatic nitrogens is 1. The number of allylic oxidation sites excluding steroid dienone is 1. The maximum atomic E-state index is 2.35. The molecule has 0 bridgehead atoms. The average molecular weight is 297 g/mol. The van der Waals surface area contributed by atoms with Crippen LogP contribution in [0.5, 0.6) is 0 Å². The van der Waals surface area contributed by atoms with Crippen LogP contribution in [0.4, 0.5) is 0 Å². The van der Waals surface area contributed by atoms with Crippen molar-refractivity contribution in [1.29, 1.82) is 0 Å². The summed E-state index contributed by atoms with van der Waals surface area (Å²) in [6.07, 6.45) is 4.23. The molecule has 0 aliphatic heterocycles. The number of fused-ring (bicyclic) bond motifs is 1. The second kappa shape index (κ2) is 3.77. The van der Waals surface area contributed by atoms with Gasteiger partial charge in [0.25, 0.3) is 0 Å². The normalized spacial score (nSPS) is 11.6. The third-order valence-corrected chi connectivity index (χ3v) is 3.48. The van der Waals surface area contributed by atoms with Crippen molar-refractivity contribution in [2.24, 2.45) is 0 Å². The number of halogens is 1. The van der Waals surface area contributed by atoms with Crippen LogP contribution in [0.25, 0.3) is 17.0 Å². The molecule has 2 aromatic rings. The van der Waals surface area contributed by atoms with Crippen LogP contribution >= 0.6 is 22.9 Å². The molecule has 2 heteroatoms. The van der Waals surface area contributed by atoms with E-state index in [1.54, 1.807) is 0 Å². The molecule has 0 spiro atoms. The van der Waals surface area contributed by atoms with E-state index in [0.717, 1.165) is 0 Å². The van der Waals surface area contributed by atoms with Crippen molar-refractivity contribution < 1.29 is 0 Å². The average Bonchev–Trinajstić information content (AvgIpc) is 2.45. The molecule has 1 nitrogen and oxygen atoms in total. The number of hydrogen-bond acceptors (Lipinski definition) is 0. The number of para-hydroxylation sites is 1. The Morgan fingerprint density at radius 3 is 2.64 bits per heavy atom. The summed E-state index contributed by atoms with van der Waals surface area (Å²) < 4.78 is 2.21. The van der Waals surface area contributed by atoms with Crippen molar-refractivity contribution in [2.45, 2.75) is 13.8 Å². The third kappa shape index (κ3) is 1.38. The molecule has 0 unspecified atom stereocenters. The smallest absolute Gasteiger partial charge is 0.0646 e. The number of hydrogen-bond donors (Lipinski definition) is 0. The van der Waals surface area contributed by atoms with Crippen LogP contribution in [0.3, 0.4) is 0 Å². The number of nitrogens with zero attached hydrogens (tertiary/aromatic N) is 1. The van der Waals surface area contributed by atoms with Gasteiger partial charge in [0.1, 0.15) is 0 Å². The lowest BCUT2D eigenvalue weighted by atomic mass is 10.1. The van der Waals surface area contributed by atoms with Crippen LogP contribution in [0.1, 0.15) is 18.2 Å². The van der Waals surface area contributed by atoms with Crippen molar-refractivity contribution in [3.63, 3.8) is 0 Å². The van der Waals surface area contributed by atoms with E-state index in [4.69, 9.17) is 0 Å². The third-order valence-electron chi connectivity index (χ3n) is 2.44. The monoisotopic (exact) mass is 297 g/mol. The van der Waals surface area contributed by atoms with Gasteiger partial charge in [-0.25, -0.2) is 0 Å². The van der Waals surface area contributed by atoms with Gasteiger partial charge in [-0.15, -0.1) is 0 Å². The lowest BCUT2D eigenvalue weighted by Gasteiger charge is -1.95. The summed E-state index contributed by atoms with van der Waals surface area (Å²) in [7, 11) is 0. The minimum atomic E-state index is 1.29. The molecular formula is C12H12IN. The second-order valence-corrected chi connectivity index (χ2v) is 4.27. The molecule has 1 aromatic carbocycles. The maximum absolute atomic E-state index is 2.35. The zero-order valence-electron chi connectivity index (χ0n) is 8.29. The fourth-order valence-corrected chi connectivity index (χ4v) is 2.67. The van der Waals surface area contributed by atoms with E-state index in [9.17, 15) is 0 Å². The van der Waals surface area contributed by atoms with Gasteiger partial charge in [-0.3, -0.25) is 2.78 Å². The van der Waals surface area contributed by atoms with Crippen LogP contribution in [-0.4, -0.2) is 2.78 Å². The molecular weight excluding hydrogens is 285 g/mol. The molecule has 0 aliphatic rings. The molecule has 1 heterocycles. The number of aryl methyl sites for hydroxylation is 1. The van der Waals surface area contributed by atoms with E-state index < -0.39 is 0 Å². The fraction of sp³-hybridized carbons (Fsp3) is 0.167. The quantitative estimate of drug-likeness (QED) is 0.696. The molecule has 0 amide bonds. The first-order chi connectivity index (χ1) is 6.75. The van der Waals surface area contributed by atoms with Crippen LogP contribution in [0.15, 0.2) is 30.3 Å². The summed E-state index contributed by atoms with van der Waals surface area (Å²) in [6.45, 7) is 4.22. The van der Waals surface area contributed by atoms with Gasteiger partial charge < -0.3 is 0 Å². The van der Waals surface area contributed by atoms with Gasteiger partial charge >= 0.3 is 0 Å². The van der Waals surface area contributed by atoms with E-state index in [-0.39, 0.29) is 0 Å². The van der Waals surface area contributed by atoms with E-state index in [1.807, 2.05) is 6.92 Å². The first kappa shape index (κ1) is 9.77. The highest BCUT2D eigenvalue weighted by atomic mass is 127. The summed E-state index contributed by atoms with van der Waals surface area (Å²) in [5, 5.41) is 1.34. The van der Waals surface area contributed by atoms with E-state index in [1.165, 1.54) is 22.2 Å². The van der Waals surface area contributed by atoms with Crippen LogP contribution in [0, 0.1) is 6.92 Å². The fourth-order valence-electron chi connectivity index (χ4n) is 1.73. The molecule has 0 saturated heterocycles. The highest BCUT2D eigenvalue weighted by molar-refractivity contribution is 14.1. The molecule has 72 valence electrons. The first-order valence-electron chi connectivity index (χ1n) is 4.64. The summed E-state index contributed by atoms with van der Waals surface area (Å²) in [5.41, 5.74) is 3.93. The minimum absolute atomic E-state index is 1.29. The van der Waals surface area contributed by atoms with Crippen molar-refractivity contribution in [1.82, 2.24) is 2.78 Å². The Labute approximate surface area is 97.9 Å². The Hall–Kier alpha value is -0.770. The van der Waals surface area contributed by atoms with E-state index in [2.05, 4.69) is 69.0 Å². The van der Waals surface area contributed by atoms with Crippen molar-refractivity contribution in [2.75, 3.05) is 0 Å². The zero-order valence-corrected chi connectivity index (χ0v) is 10.4. The second-order valence-electron chi connectivity index (χ2n) is 3.31. The standard InChI is InChI=1S/C12H12IN/c1-3-6-11-9(2)10-7-4-5-8-12(10)14(11)13/h3-8H,1-2H3/b6-3-. The Morgan fingerprint density at radius 2 is 2.00 bits per heavy atom. The highest BCUT2D eigenvalue weighted by Crippen LogP contribution is 2.28. The topological polar surface area (TPSA) is 4.93 Å². The SMILES string of the molecule is C/C=C\c1c(C)c2ccccc2n1I. The Kier molecular flexibility index (Phi) is 2.63. The van der Waals surface area contributed by atoms with Crippen LogP contribution < -0.4 is 0 Å². The van der Waals surface area contributed by atoms with Gasteiger partial charge in [-0.1, -0.05) is 24.3 Å². The van der Waals surface area contributed by atoms with Crippen molar-refractivity contribution >= 4 is 39.8 Å². The molecule has 0 radical (unpaired) electrons. The lowest BCUT2D eigenvalue weighted by molar-refractivity contribution is 1.34. The van der Waals surface area contributed by atoms with Crippen LogP contribution in [-0.2, 0) is 0 Å². The van der Waals surface area contributed by atoms with Gasteiger partial charge in [0.2, 0.25) is 0 Å². The van der Waals surface area contributed by atoms with Gasteiger partial charge in [-0.2, -0.15) is 0 Å². The number of rotatable bonds is 1. The van der Waals surface area contributed by atoms with E-state index >= 15 is 0 Å². The molecule has 14 heavy (non-hydrogen) atoms. The van der Waals surface area contributed by atoms with Gasteiger partial charge in [0, 0.05) is 5.39 Å². The molecule has 0 atom stereocenters. The van der Waals surface area contributed by atoms with Gasteiger partial charge in [0.05, 0.1) is 34.1 Å². The van der Waals surface area contributed by atoms with Gasteiger partial charge in [0.15, 0.2) is 0 Å². The minimum Gasteiger partial charge on any atom is -0.282 e.